The van der Waals surface area contributed by atoms with Gasteiger partial charge in [-0.15, -0.1) is 0 Å². The van der Waals surface area contributed by atoms with E-state index >= 15 is 0 Å². The maximum Gasteiger partial charge on any atom is 0.417 e. The zero-order valence-electron chi connectivity index (χ0n) is 9.63. The van der Waals surface area contributed by atoms with Gasteiger partial charge in [0, 0.05) is 11.9 Å². The molecule has 3 nitrogen and oxygen atoms in total. The van der Waals surface area contributed by atoms with Crippen molar-refractivity contribution in [2.45, 2.75) is 31.5 Å². The summed E-state index contributed by atoms with van der Waals surface area (Å²) < 4.78 is 36.9. The number of hydrogen-bond donors (Lipinski definition) is 1. The lowest BCUT2D eigenvalue weighted by atomic mass is 10.1. The van der Waals surface area contributed by atoms with Crippen LogP contribution in [0.5, 0.6) is 0 Å². The third kappa shape index (κ3) is 3.07. The molecule has 1 aromatic heterocycles. The van der Waals surface area contributed by atoms with Gasteiger partial charge < -0.3 is 5.32 Å². The van der Waals surface area contributed by atoms with Crippen LogP contribution in [0.25, 0.3) is 0 Å². The van der Waals surface area contributed by atoms with Crippen molar-refractivity contribution in [2.75, 3.05) is 6.54 Å². The van der Waals surface area contributed by atoms with Crippen LogP contribution in [0.3, 0.4) is 0 Å². The first-order valence-corrected chi connectivity index (χ1v) is 5.75. The predicted octanol–water partition coefficient (Wildman–Crippen LogP) is 1.96. The number of carbonyl (C=O) groups is 1. The van der Waals surface area contributed by atoms with Gasteiger partial charge in [0.1, 0.15) is 0 Å². The second-order valence-corrected chi connectivity index (χ2v) is 4.33. The molecule has 2 heterocycles. The first-order chi connectivity index (χ1) is 8.47. The molecule has 0 aliphatic carbocycles. The van der Waals surface area contributed by atoms with Crippen LogP contribution in [0.4, 0.5) is 13.2 Å². The summed E-state index contributed by atoms with van der Waals surface area (Å²) in [5.74, 6) is -0.0141. The van der Waals surface area contributed by atoms with Gasteiger partial charge in [0.2, 0.25) is 0 Å². The van der Waals surface area contributed by atoms with Crippen LogP contribution < -0.4 is 5.32 Å². The van der Waals surface area contributed by atoms with Crippen molar-refractivity contribution in [1.82, 2.24) is 10.3 Å². The highest BCUT2D eigenvalue weighted by atomic mass is 19.4. The monoisotopic (exact) mass is 258 g/mol. The van der Waals surface area contributed by atoms with Crippen LogP contribution in [0, 0.1) is 0 Å². The fourth-order valence-corrected chi connectivity index (χ4v) is 1.96. The normalized spacial score (nSPS) is 20.1. The molecule has 1 atom stereocenters. The summed E-state index contributed by atoms with van der Waals surface area (Å²) in [6.07, 6.45) is -1.79. The van der Waals surface area contributed by atoms with Gasteiger partial charge in [-0.25, -0.2) is 0 Å². The van der Waals surface area contributed by atoms with Crippen molar-refractivity contribution in [3.63, 3.8) is 0 Å². The second-order valence-electron chi connectivity index (χ2n) is 4.33. The van der Waals surface area contributed by atoms with E-state index in [0.717, 1.165) is 31.6 Å². The number of carbonyl (C=O) groups excluding carboxylic acids is 1. The maximum atomic E-state index is 12.3. The molecular weight excluding hydrogens is 245 g/mol. The summed E-state index contributed by atoms with van der Waals surface area (Å²) in [6, 6.07) is 2.04. The van der Waals surface area contributed by atoms with E-state index in [9.17, 15) is 18.0 Å². The van der Waals surface area contributed by atoms with Crippen LogP contribution in [0.2, 0.25) is 0 Å². The lowest BCUT2D eigenvalue weighted by Crippen LogP contribution is -2.32. The second kappa shape index (κ2) is 5.06. The van der Waals surface area contributed by atoms with Gasteiger partial charge in [0.05, 0.1) is 18.0 Å². The minimum absolute atomic E-state index is 0.0141. The fraction of sp³-hybridized carbons (Fsp3) is 0.500. The average Bonchev–Trinajstić information content (AvgIpc) is 2.82. The Labute approximate surface area is 102 Å². The summed E-state index contributed by atoms with van der Waals surface area (Å²) in [4.78, 5) is 15.5. The van der Waals surface area contributed by atoms with Crippen molar-refractivity contribution < 1.29 is 18.0 Å². The molecule has 1 fully saturated rings. The van der Waals surface area contributed by atoms with E-state index < -0.39 is 11.7 Å². The zero-order valence-corrected chi connectivity index (χ0v) is 9.63. The zero-order chi connectivity index (χ0) is 13.2. The number of halogens is 3. The molecule has 1 aliphatic heterocycles. The van der Waals surface area contributed by atoms with E-state index in [4.69, 9.17) is 0 Å². The number of pyridine rings is 1. The number of ketones is 1. The van der Waals surface area contributed by atoms with E-state index in [1.807, 2.05) is 0 Å². The topological polar surface area (TPSA) is 42.0 Å². The van der Waals surface area contributed by atoms with Gasteiger partial charge in [-0.1, -0.05) is 0 Å². The molecule has 2 rings (SSSR count). The molecule has 1 aromatic rings. The summed E-state index contributed by atoms with van der Waals surface area (Å²) in [6.45, 7) is 0.816. The van der Waals surface area contributed by atoms with Crippen LogP contribution in [-0.2, 0) is 17.4 Å². The molecule has 1 saturated heterocycles. The van der Waals surface area contributed by atoms with Gasteiger partial charge in [-0.3, -0.25) is 9.78 Å². The van der Waals surface area contributed by atoms with E-state index in [1.165, 1.54) is 6.07 Å². The minimum atomic E-state index is -4.39. The number of Topliss-reactive ketones (excluding diaryl/α,β-unsaturated/α-hetero) is 1. The summed E-state index contributed by atoms with van der Waals surface area (Å²) in [5.41, 5.74) is -0.417. The number of hydrogen-bond acceptors (Lipinski definition) is 3. The highest BCUT2D eigenvalue weighted by Crippen LogP contribution is 2.28. The lowest BCUT2D eigenvalue weighted by molar-refractivity contribution is -0.137. The Morgan fingerprint density at radius 3 is 2.72 bits per heavy atom. The van der Waals surface area contributed by atoms with Crippen LogP contribution in [0.15, 0.2) is 18.3 Å². The number of rotatable bonds is 3. The summed E-state index contributed by atoms with van der Waals surface area (Å²) >= 11 is 0. The Kier molecular flexibility index (Phi) is 3.65. The Balaban J connectivity index is 2.00. The van der Waals surface area contributed by atoms with Gasteiger partial charge in [0.15, 0.2) is 5.78 Å². The van der Waals surface area contributed by atoms with Crippen molar-refractivity contribution in [2.24, 2.45) is 0 Å². The van der Waals surface area contributed by atoms with E-state index in [0.29, 0.717) is 5.69 Å². The standard InChI is InChI=1S/C12H13F3N2O/c13-12(14,15)8-3-4-9(17-7-8)6-11(18)10-2-1-5-16-10/h3-4,7,10,16H,1-2,5-6H2/t10-/m0/s1. The molecule has 1 aliphatic rings. The SMILES string of the molecule is O=C(Cc1ccc(C(F)(F)F)cn1)[C@@H]1CCCN1. The fourth-order valence-electron chi connectivity index (χ4n) is 1.96. The molecule has 0 spiro atoms. The Morgan fingerprint density at radius 1 is 1.44 bits per heavy atom. The first kappa shape index (κ1) is 13.0. The van der Waals surface area contributed by atoms with Crippen LogP contribution in [0.1, 0.15) is 24.1 Å². The van der Waals surface area contributed by atoms with Crippen molar-refractivity contribution >= 4 is 5.78 Å². The molecule has 98 valence electrons. The largest absolute Gasteiger partial charge is 0.417 e. The highest BCUT2D eigenvalue weighted by Gasteiger charge is 2.30. The predicted molar refractivity (Wildman–Crippen MR) is 59.0 cm³/mol. The van der Waals surface area contributed by atoms with Gasteiger partial charge >= 0.3 is 6.18 Å². The number of nitrogens with one attached hydrogen (secondary N) is 1. The molecule has 6 heteroatoms. The highest BCUT2D eigenvalue weighted by molar-refractivity contribution is 5.86. The molecular formula is C12H13F3N2O. The summed E-state index contributed by atoms with van der Waals surface area (Å²) in [7, 11) is 0. The minimum Gasteiger partial charge on any atom is -0.307 e. The van der Waals surface area contributed by atoms with E-state index in [-0.39, 0.29) is 18.2 Å². The molecule has 0 bridgehead atoms. The number of nitrogens with zero attached hydrogens (tertiary/aromatic N) is 1. The van der Waals surface area contributed by atoms with Crippen LogP contribution in [-0.4, -0.2) is 23.4 Å². The molecule has 18 heavy (non-hydrogen) atoms. The third-order valence-electron chi connectivity index (χ3n) is 2.96. The Morgan fingerprint density at radius 2 is 2.22 bits per heavy atom. The number of aromatic nitrogens is 1. The molecule has 0 aromatic carbocycles. The van der Waals surface area contributed by atoms with E-state index in [2.05, 4.69) is 10.3 Å². The lowest BCUT2D eigenvalue weighted by Gasteiger charge is -2.09. The molecule has 1 N–H and O–H groups in total. The smallest absolute Gasteiger partial charge is 0.307 e. The molecule has 0 amide bonds. The van der Waals surface area contributed by atoms with Crippen molar-refractivity contribution in [3.05, 3.63) is 29.6 Å². The first-order valence-electron chi connectivity index (χ1n) is 5.75. The van der Waals surface area contributed by atoms with Crippen molar-refractivity contribution in [3.8, 4) is 0 Å². The van der Waals surface area contributed by atoms with Gasteiger partial charge in [0.25, 0.3) is 0 Å². The van der Waals surface area contributed by atoms with Crippen molar-refractivity contribution in [1.29, 1.82) is 0 Å². The number of alkyl halides is 3. The average molecular weight is 258 g/mol. The third-order valence-corrected chi connectivity index (χ3v) is 2.96. The van der Waals surface area contributed by atoms with Gasteiger partial charge in [-0.05, 0) is 31.5 Å². The van der Waals surface area contributed by atoms with Crippen LogP contribution >= 0.6 is 0 Å². The Hall–Kier alpha value is -1.43. The molecule has 0 unspecified atom stereocenters. The maximum absolute atomic E-state index is 12.3. The van der Waals surface area contributed by atoms with Gasteiger partial charge in [-0.2, -0.15) is 13.2 Å². The summed E-state index contributed by atoms with van der Waals surface area (Å²) in [5, 5.41) is 3.05. The Bertz CT molecular complexity index is 422. The molecule has 0 saturated carbocycles. The van der Waals surface area contributed by atoms with E-state index in [1.54, 1.807) is 0 Å². The molecule has 0 radical (unpaired) electrons. The quantitative estimate of drug-likeness (QED) is 0.901.